The molecule has 0 aromatic carbocycles. The second-order valence-corrected chi connectivity index (χ2v) is 3.20. The first-order valence-corrected chi connectivity index (χ1v) is 4.01. The van der Waals surface area contributed by atoms with Crippen molar-refractivity contribution in [3.05, 3.63) is 23.3 Å². The SMILES string of the molecule is CC=CC(C)=C(C)CN(C)C. The smallest absolute Gasteiger partial charge is 0.0189 e. The third-order valence-corrected chi connectivity index (χ3v) is 1.64. The lowest BCUT2D eigenvalue weighted by atomic mass is 10.1. The van der Waals surface area contributed by atoms with Crippen LogP contribution < -0.4 is 0 Å². The molecule has 0 bridgehead atoms. The molecule has 0 aromatic rings. The molecule has 0 atom stereocenters. The molecule has 64 valence electrons. The van der Waals surface area contributed by atoms with Crippen LogP contribution in [0, 0.1) is 0 Å². The van der Waals surface area contributed by atoms with Crippen LogP contribution in [0.4, 0.5) is 0 Å². The van der Waals surface area contributed by atoms with Crippen LogP contribution in [0.5, 0.6) is 0 Å². The fourth-order valence-electron chi connectivity index (χ4n) is 0.991. The van der Waals surface area contributed by atoms with Crippen molar-refractivity contribution in [1.82, 2.24) is 4.90 Å². The van der Waals surface area contributed by atoms with E-state index >= 15 is 0 Å². The van der Waals surface area contributed by atoms with Gasteiger partial charge in [-0.3, -0.25) is 0 Å². The highest BCUT2D eigenvalue weighted by molar-refractivity contribution is 5.22. The van der Waals surface area contributed by atoms with Crippen molar-refractivity contribution in [2.45, 2.75) is 20.8 Å². The van der Waals surface area contributed by atoms with E-state index in [-0.39, 0.29) is 0 Å². The molecule has 0 rings (SSSR count). The molecule has 0 fully saturated rings. The van der Waals surface area contributed by atoms with E-state index in [9.17, 15) is 0 Å². The number of hydrogen-bond donors (Lipinski definition) is 0. The fourth-order valence-corrected chi connectivity index (χ4v) is 0.991. The Balaban J connectivity index is 4.16. The second kappa shape index (κ2) is 5.14. The Bertz CT molecular complexity index is 164. The van der Waals surface area contributed by atoms with Gasteiger partial charge in [-0.05, 0) is 34.9 Å². The van der Waals surface area contributed by atoms with Crippen LogP contribution in [0.2, 0.25) is 0 Å². The molecule has 0 radical (unpaired) electrons. The number of nitrogens with zero attached hydrogens (tertiary/aromatic N) is 1. The summed E-state index contributed by atoms with van der Waals surface area (Å²) in [5, 5.41) is 0. The molecule has 0 saturated heterocycles. The molecule has 0 aromatic heterocycles. The van der Waals surface area contributed by atoms with Gasteiger partial charge < -0.3 is 4.90 Å². The Morgan fingerprint density at radius 3 is 2.18 bits per heavy atom. The van der Waals surface area contributed by atoms with Gasteiger partial charge in [0.05, 0.1) is 0 Å². The molecule has 0 aliphatic rings. The monoisotopic (exact) mass is 153 g/mol. The zero-order chi connectivity index (χ0) is 8.85. The molecule has 0 amide bonds. The van der Waals surface area contributed by atoms with E-state index in [0.29, 0.717) is 0 Å². The number of rotatable bonds is 3. The lowest BCUT2D eigenvalue weighted by Crippen LogP contribution is -2.14. The van der Waals surface area contributed by atoms with Crippen LogP contribution in [-0.4, -0.2) is 25.5 Å². The largest absolute Gasteiger partial charge is 0.305 e. The van der Waals surface area contributed by atoms with Gasteiger partial charge in [0.1, 0.15) is 0 Å². The third-order valence-electron chi connectivity index (χ3n) is 1.64. The Morgan fingerprint density at radius 2 is 1.82 bits per heavy atom. The van der Waals surface area contributed by atoms with Crippen LogP contribution >= 0.6 is 0 Å². The topological polar surface area (TPSA) is 3.24 Å². The summed E-state index contributed by atoms with van der Waals surface area (Å²) in [5.41, 5.74) is 2.81. The number of allylic oxidation sites excluding steroid dienone is 3. The molecule has 0 N–H and O–H groups in total. The fraction of sp³-hybridized carbons (Fsp3) is 0.600. The maximum Gasteiger partial charge on any atom is 0.0189 e. The van der Waals surface area contributed by atoms with Gasteiger partial charge in [-0.15, -0.1) is 0 Å². The third kappa shape index (κ3) is 4.79. The van der Waals surface area contributed by atoms with Crippen LogP contribution in [-0.2, 0) is 0 Å². The second-order valence-electron chi connectivity index (χ2n) is 3.20. The summed E-state index contributed by atoms with van der Waals surface area (Å²) >= 11 is 0. The van der Waals surface area contributed by atoms with E-state index in [1.807, 2.05) is 6.92 Å². The summed E-state index contributed by atoms with van der Waals surface area (Å²) in [5.74, 6) is 0. The van der Waals surface area contributed by atoms with Crippen molar-refractivity contribution in [3.8, 4) is 0 Å². The van der Waals surface area contributed by atoms with Crippen molar-refractivity contribution in [2.24, 2.45) is 0 Å². The van der Waals surface area contributed by atoms with E-state index in [2.05, 4.69) is 45.0 Å². The Kier molecular flexibility index (Phi) is 4.88. The highest BCUT2D eigenvalue weighted by Gasteiger charge is 1.94. The van der Waals surface area contributed by atoms with Crippen LogP contribution in [0.3, 0.4) is 0 Å². The van der Waals surface area contributed by atoms with Crippen molar-refractivity contribution >= 4 is 0 Å². The van der Waals surface area contributed by atoms with E-state index in [0.717, 1.165) is 6.54 Å². The Morgan fingerprint density at radius 1 is 1.27 bits per heavy atom. The van der Waals surface area contributed by atoms with Gasteiger partial charge in [0, 0.05) is 6.54 Å². The molecule has 11 heavy (non-hydrogen) atoms. The van der Waals surface area contributed by atoms with Gasteiger partial charge in [0.2, 0.25) is 0 Å². The minimum absolute atomic E-state index is 1.05. The van der Waals surface area contributed by atoms with Crippen molar-refractivity contribution < 1.29 is 0 Å². The molecule has 1 heteroatoms. The summed E-state index contributed by atoms with van der Waals surface area (Å²) in [6, 6.07) is 0. The van der Waals surface area contributed by atoms with E-state index in [4.69, 9.17) is 0 Å². The number of hydrogen-bond acceptors (Lipinski definition) is 1. The zero-order valence-electron chi connectivity index (χ0n) is 8.31. The average molecular weight is 153 g/mol. The molecule has 0 unspecified atom stereocenters. The molecular weight excluding hydrogens is 134 g/mol. The van der Waals surface area contributed by atoms with E-state index < -0.39 is 0 Å². The minimum Gasteiger partial charge on any atom is -0.305 e. The van der Waals surface area contributed by atoms with Crippen LogP contribution in [0.15, 0.2) is 23.3 Å². The summed E-state index contributed by atoms with van der Waals surface area (Å²) in [4.78, 5) is 2.18. The minimum atomic E-state index is 1.05. The van der Waals surface area contributed by atoms with Gasteiger partial charge >= 0.3 is 0 Å². The van der Waals surface area contributed by atoms with Gasteiger partial charge in [0.15, 0.2) is 0 Å². The Labute approximate surface area is 70.4 Å². The first kappa shape index (κ1) is 10.4. The molecule has 0 aliphatic carbocycles. The molecule has 1 nitrogen and oxygen atoms in total. The Hall–Kier alpha value is -0.560. The molecule has 0 aliphatic heterocycles. The van der Waals surface area contributed by atoms with Crippen molar-refractivity contribution in [2.75, 3.05) is 20.6 Å². The summed E-state index contributed by atoms with van der Waals surface area (Å²) < 4.78 is 0. The lowest BCUT2D eigenvalue weighted by molar-refractivity contribution is 0.444. The molecule has 0 saturated carbocycles. The molecule has 0 spiro atoms. The summed E-state index contributed by atoms with van der Waals surface area (Å²) in [6.07, 6.45) is 4.23. The predicted molar refractivity (Wildman–Crippen MR) is 51.7 cm³/mol. The predicted octanol–water partition coefficient (Wildman–Crippen LogP) is 2.46. The van der Waals surface area contributed by atoms with E-state index in [1.165, 1.54) is 11.1 Å². The zero-order valence-corrected chi connectivity index (χ0v) is 8.31. The highest BCUT2D eigenvalue weighted by Crippen LogP contribution is 2.05. The first-order valence-electron chi connectivity index (χ1n) is 4.01. The molecular formula is C10H19N. The quantitative estimate of drug-likeness (QED) is 0.563. The normalized spacial score (nSPS) is 14.4. The maximum absolute atomic E-state index is 2.18. The van der Waals surface area contributed by atoms with Crippen molar-refractivity contribution in [3.63, 3.8) is 0 Å². The maximum atomic E-state index is 2.18. The average Bonchev–Trinajstić information content (AvgIpc) is 1.86. The highest BCUT2D eigenvalue weighted by atomic mass is 15.0. The van der Waals surface area contributed by atoms with Crippen molar-refractivity contribution in [1.29, 1.82) is 0 Å². The van der Waals surface area contributed by atoms with Crippen LogP contribution in [0.1, 0.15) is 20.8 Å². The molecule has 0 heterocycles. The van der Waals surface area contributed by atoms with Gasteiger partial charge in [-0.1, -0.05) is 23.3 Å². The standard InChI is InChI=1S/C10H19N/c1-6-7-9(2)10(3)8-11(4)5/h6-7H,8H2,1-5H3. The lowest BCUT2D eigenvalue weighted by Gasteiger charge is -2.11. The summed E-state index contributed by atoms with van der Waals surface area (Å²) in [6.45, 7) is 7.43. The first-order chi connectivity index (χ1) is 5.07. The van der Waals surface area contributed by atoms with E-state index in [1.54, 1.807) is 0 Å². The summed E-state index contributed by atoms with van der Waals surface area (Å²) in [7, 11) is 4.18. The number of likely N-dealkylation sites (N-methyl/N-ethyl adjacent to an activating group) is 1. The van der Waals surface area contributed by atoms with Gasteiger partial charge in [-0.2, -0.15) is 0 Å². The van der Waals surface area contributed by atoms with Gasteiger partial charge in [-0.25, -0.2) is 0 Å². The van der Waals surface area contributed by atoms with Crippen LogP contribution in [0.25, 0.3) is 0 Å². The van der Waals surface area contributed by atoms with Gasteiger partial charge in [0.25, 0.3) is 0 Å².